The first-order chi connectivity index (χ1) is 32.5. The zero-order valence-corrected chi connectivity index (χ0v) is 44.5. The van der Waals surface area contributed by atoms with E-state index in [0.717, 1.165) is 64.2 Å². The average Bonchev–Trinajstić information content (AvgIpc) is 3.31. The highest BCUT2D eigenvalue weighted by Gasteiger charge is 2.19. The van der Waals surface area contributed by atoms with E-state index in [0.29, 0.717) is 19.3 Å². The molecule has 0 aliphatic heterocycles. The Hall–Kier alpha value is -2.11. The molecule has 0 bridgehead atoms. The summed E-state index contributed by atoms with van der Waals surface area (Å²) in [5.74, 6) is -0.864. The second-order valence-electron chi connectivity index (χ2n) is 19.9. The van der Waals surface area contributed by atoms with Gasteiger partial charge in [0.1, 0.15) is 13.2 Å². The number of hydrogen-bond donors (Lipinski definition) is 0. The fourth-order valence-corrected chi connectivity index (χ4v) is 8.73. The zero-order chi connectivity index (χ0) is 47.9. The van der Waals surface area contributed by atoms with Crippen LogP contribution in [-0.2, 0) is 28.6 Å². The van der Waals surface area contributed by atoms with Gasteiger partial charge in [0, 0.05) is 19.3 Å². The molecule has 0 aromatic carbocycles. The number of hydrogen-bond acceptors (Lipinski definition) is 6. The van der Waals surface area contributed by atoms with Crippen LogP contribution in [0.3, 0.4) is 0 Å². The second kappa shape index (κ2) is 55.5. The van der Waals surface area contributed by atoms with Gasteiger partial charge in [0.05, 0.1) is 0 Å². The quantitative estimate of drug-likeness (QED) is 0.0262. The van der Waals surface area contributed by atoms with E-state index in [2.05, 4.69) is 45.1 Å². The van der Waals surface area contributed by atoms with Crippen LogP contribution in [0.4, 0.5) is 0 Å². The number of esters is 3. The SMILES string of the molecule is CCCCCC/C=C/CCCCCCCC(=O)OC[C@H](COC(=O)CCCCCCCCCCCCCCCCCCCC)OC(=O)CCCCCCCCC/C=C/CCCCCCCC. The van der Waals surface area contributed by atoms with E-state index in [9.17, 15) is 14.4 Å². The molecule has 0 saturated heterocycles. The lowest BCUT2D eigenvalue weighted by Crippen LogP contribution is -2.30. The Morgan fingerprint density at radius 1 is 0.288 bits per heavy atom. The highest BCUT2D eigenvalue weighted by atomic mass is 16.6. The van der Waals surface area contributed by atoms with Crippen molar-refractivity contribution in [3.63, 3.8) is 0 Å². The molecule has 6 heteroatoms. The van der Waals surface area contributed by atoms with Gasteiger partial charge in [-0.2, -0.15) is 0 Å². The van der Waals surface area contributed by atoms with Gasteiger partial charge in [-0.25, -0.2) is 0 Å². The third-order valence-corrected chi connectivity index (χ3v) is 13.2. The minimum absolute atomic E-state index is 0.0711. The molecule has 0 fully saturated rings. The van der Waals surface area contributed by atoms with Crippen molar-refractivity contribution in [1.82, 2.24) is 0 Å². The summed E-state index contributed by atoms with van der Waals surface area (Å²) in [6, 6.07) is 0. The standard InChI is InChI=1S/C60H112O6/c1-4-7-10-13-16-19-22-25-27-29-31-32-35-38-41-44-47-50-53-59(62)65-56-57(55-64-58(61)52-49-46-43-40-37-34-24-21-18-15-12-9-6-3)66-60(63)54-51-48-45-42-39-36-33-30-28-26-23-20-17-14-11-8-5-2/h21,24,26,28,57H,4-20,22-23,25,27,29-56H2,1-3H3/b24-21+,28-26+/t57-/m1/s1. The number of unbranched alkanes of at least 4 members (excludes halogenated alkanes) is 39. The normalized spacial score (nSPS) is 12.1. The van der Waals surface area contributed by atoms with Crippen LogP contribution in [0.15, 0.2) is 24.3 Å². The van der Waals surface area contributed by atoms with E-state index in [-0.39, 0.29) is 31.1 Å². The molecule has 0 N–H and O–H groups in total. The van der Waals surface area contributed by atoms with Gasteiger partial charge in [-0.1, -0.05) is 257 Å². The average molecular weight is 930 g/mol. The summed E-state index contributed by atoms with van der Waals surface area (Å²) in [5, 5.41) is 0. The molecular formula is C60H112O6. The van der Waals surface area contributed by atoms with Crippen LogP contribution in [0.1, 0.15) is 323 Å². The third kappa shape index (κ3) is 52.9. The van der Waals surface area contributed by atoms with Crippen molar-refractivity contribution in [2.45, 2.75) is 329 Å². The van der Waals surface area contributed by atoms with Gasteiger partial charge in [0.25, 0.3) is 0 Å². The van der Waals surface area contributed by atoms with Gasteiger partial charge in [0.15, 0.2) is 6.10 Å². The molecule has 0 unspecified atom stereocenters. The number of carbonyl (C=O) groups excluding carboxylic acids is 3. The maximum Gasteiger partial charge on any atom is 0.306 e. The number of allylic oxidation sites excluding steroid dienone is 4. The van der Waals surface area contributed by atoms with Crippen molar-refractivity contribution in [3.8, 4) is 0 Å². The predicted octanol–water partition coefficient (Wildman–Crippen LogP) is 19.5. The molecule has 1 atom stereocenters. The Kier molecular flexibility index (Phi) is 53.7. The fourth-order valence-electron chi connectivity index (χ4n) is 8.73. The van der Waals surface area contributed by atoms with Crippen molar-refractivity contribution in [3.05, 3.63) is 24.3 Å². The van der Waals surface area contributed by atoms with E-state index in [1.54, 1.807) is 0 Å². The Bertz CT molecular complexity index is 1070. The lowest BCUT2D eigenvalue weighted by atomic mass is 10.0. The predicted molar refractivity (Wildman–Crippen MR) is 284 cm³/mol. The molecule has 0 saturated carbocycles. The Morgan fingerprint density at radius 3 is 0.773 bits per heavy atom. The smallest absolute Gasteiger partial charge is 0.306 e. The Morgan fingerprint density at radius 2 is 0.500 bits per heavy atom. The summed E-state index contributed by atoms with van der Waals surface area (Å²) < 4.78 is 16.9. The summed E-state index contributed by atoms with van der Waals surface area (Å²) in [6.07, 6.45) is 64.5. The minimum Gasteiger partial charge on any atom is -0.462 e. The lowest BCUT2D eigenvalue weighted by molar-refractivity contribution is -0.167. The van der Waals surface area contributed by atoms with Crippen molar-refractivity contribution in [2.75, 3.05) is 13.2 Å². The largest absolute Gasteiger partial charge is 0.462 e. The van der Waals surface area contributed by atoms with Gasteiger partial charge in [-0.15, -0.1) is 0 Å². The maximum absolute atomic E-state index is 12.9. The van der Waals surface area contributed by atoms with Gasteiger partial charge >= 0.3 is 17.9 Å². The Balaban J connectivity index is 4.32. The highest BCUT2D eigenvalue weighted by Crippen LogP contribution is 2.17. The van der Waals surface area contributed by atoms with Gasteiger partial charge in [-0.05, 0) is 70.6 Å². The van der Waals surface area contributed by atoms with Crippen molar-refractivity contribution >= 4 is 17.9 Å². The molecule has 388 valence electrons. The van der Waals surface area contributed by atoms with Gasteiger partial charge in [-0.3, -0.25) is 14.4 Å². The van der Waals surface area contributed by atoms with Crippen LogP contribution >= 0.6 is 0 Å². The molecule has 66 heavy (non-hydrogen) atoms. The summed E-state index contributed by atoms with van der Waals surface area (Å²) >= 11 is 0. The number of ether oxygens (including phenoxy) is 3. The summed E-state index contributed by atoms with van der Waals surface area (Å²) in [6.45, 7) is 6.66. The van der Waals surface area contributed by atoms with Gasteiger partial charge < -0.3 is 14.2 Å². The molecule has 0 aliphatic rings. The molecule has 0 amide bonds. The first kappa shape index (κ1) is 63.9. The van der Waals surface area contributed by atoms with E-state index in [1.165, 1.54) is 218 Å². The van der Waals surface area contributed by atoms with E-state index < -0.39 is 6.10 Å². The maximum atomic E-state index is 12.9. The summed E-state index contributed by atoms with van der Waals surface area (Å²) in [7, 11) is 0. The highest BCUT2D eigenvalue weighted by molar-refractivity contribution is 5.71. The van der Waals surface area contributed by atoms with Crippen LogP contribution in [0.5, 0.6) is 0 Å². The fraction of sp³-hybridized carbons (Fsp3) is 0.883. The van der Waals surface area contributed by atoms with E-state index >= 15 is 0 Å². The van der Waals surface area contributed by atoms with Crippen molar-refractivity contribution in [2.24, 2.45) is 0 Å². The molecule has 0 radical (unpaired) electrons. The lowest BCUT2D eigenvalue weighted by Gasteiger charge is -2.18. The number of carbonyl (C=O) groups is 3. The van der Waals surface area contributed by atoms with Crippen LogP contribution in [0, 0.1) is 0 Å². The van der Waals surface area contributed by atoms with Crippen LogP contribution in [-0.4, -0.2) is 37.2 Å². The molecule has 0 aromatic heterocycles. The molecular weight excluding hydrogens is 817 g/mol. The summed E-state index contributed by atoms with van der Waals surface area (Å²) in [5.41, 5.74) is 0. The third-order valence-electron chi connectivity index (χ3n) is 13.2. The van der Waals surface area contributed by atoms with E-state index in [1.807, 2.05) is 0 Å². The van der Waals surface area contributed by atoms with E-state index in [4.69, 9.17) is 14.2 Å². The minimum atomic E-state index is -0.773. The topological polar surface area (TPSA) is 78.9 Å². The molecule has 6 nitrogen and oxygen atoms in total. The van der Waals surface area contributed by atoms with Gasteiger partial charge in [0.2, 0.25) is 0 Å². The van der Waals surface area contributed by atoms with Crippen LogP contribution < -0.4 is 0 Å². The molecule has 0 heterocycles. The first-order valence-electron chi connectivity index (χ1n) is 29.3. The molecule has 0 rings (SSSR count). The van der Waals surface area contributed by atoms with Crippen LogP contribution in [0.25, 0.3) is 0 Å². The number of rotatable bonds is 54. The molecule has 0 spiro atoms. The Labute approximate surface area is 411 Å². The second-order valence-corrected chi connectivity index (χ2v) is 19.9. The summed E-state index contributed by atoms with van der Waals surface area (Å²) in [4.78, 5) is 38.1. The first-order valence-corrected chi connectivity index (χ1v) is 29.3. The molecule has 0 aromatic rings. The zero-order valence-electron chi connectivity index (χ0n) is 44.5. The monoisotopic (exact) mass is 929 g/mol. The van der Waals surface area contributed by atoms with Crippen molar-refractivity contribution in [1.29, 1.82) is 0 Å². The van der Waals surface area contributed by atoms with Crippen molar-refractivity contribution < 1.29 is 28.6 Å². The van der Waals surface area contributed by atoms with Crippen LogP contribution in [0.2, 0.25) is 0 Å². The molecule has 0 aliphatic carbocycles.